The van der Waals surface area contributed by atoms with Gasteiger partial charge in [-0.2, -0.15) is 0 Å². The lowest BCUT2D eigenvalue weighted by molar-refractivity contribution is -0.137. The molecular weight excluding hydrogens is 358 g/mol. The summed E-state index contributed by atoms with van der Waals surface area (Å²) >= 11 is 0. The van der Waals surface area contributed by atoms with E-state index in [1.165, 1.54) is 34.5 Å². The lowest BCUT2D eigenvalue weighted by Gasteiger charge is -2.28. The molecular formula is C18H21NO8. The van der Waals surface area contributed by atoms with Gasteiger partial charge in [0.2, 0.25) is 5.76 Å². The third-order valence-corrected chi connectivity index (χ3v) is 4.16. The van der Waals surface area contributed by atoms with Crippen molar-refractivity contribution >= 4 is 17.9 Å². The van der Waals surface area contributed by atoms with Crippen molar-refractivity contribution in [3.05, 3.63) is 45.9 Å². The molecule has 2 heterocycles. The van der Waals surface area contributed by atoms with Crippen LogP contribution in [0.1, 0.15) is 13.8 Å². The largest absolute Gasteiger partial charge is 0.490 e. The lowest BCUT2D eigenvalue weighted by atomic mass is 9.84. The van der Waals surface area contributed by atoms with Crippen molar-refractivity contribution in [2.75, 3.05) is 28.4 Å². The Kier molecular flexibility index (Phi) is 5.94. The molecule has 146 valence electrons. The predicted octanol–water partition coefficient (Wildman–Crippen LogP) is 1.04. The highest BCUT2D eigenvalue weighted by atomic mass is 16.6. The number of cyclic esters (lactones) is 1. The lowest BCUT2D eigenvalue weighted by Crippen LogP contribution is -2.32. The molecule has 0 aliphatic carbocycles. The molecule has 0 unspecified atom stereocenters. The van der Waals surface area contributed by atoms with Crippen LogP contribution in [-0.2, 0) is 38.1 Å². The fourth-order valence-corrected chi connectivity index (χ4v) is 3.00. The summed E-state index contributed by atoms with van der Waals surface area (Å²) in [5.74, 6) is -2.95. The number of ether oxygens (including phenoxy) is 5. The van der Waals surface area contributed by atoms with Gasteiger partial charge in [0.15, 0.2) is 5.76 Å². The average molecular weight is 379 g/mol. The van der Waals surface area contributed by atoms with Gasteiger partial charge in [0.25, 0.3) is 5.76 Å². The van der Waals surface area contributed by atoms with Crippen molar-refractivity contribution in [1.29, 1.82) is 0 Å². The monoisotopic (exact) mass is 379 g/mol. The Morgan fingerprint density at radius 3 is 1.81 bits per heavy atom. The molecule has 0 aromatic heterocycles. The second-order valence-corrected chi connectivity index (χ2v) is 5.65. The first-order valence-electron chi connectivity index (χ1n) is 7.92. The van der Waals surface area contributed by atoms with Gasteiger partial charge in [-0.15, -0.1) is 0 Å². The third-order valence-electron chi connectivity index (χ3n) is 4.16. The van der Waals surface area contributed by atoms with E-state index in [9.17, 15) is 14.4 Å². The molecule has 0 radical (unpaired) electrons. The highest BCUT2D eigenvalue weighted by Gasteiger charge is 2.39. The summed E-state index contributed by atoms with van der Waals surface area (Å²) in [5, 5.41) is 2.97. The Labute approximate surface area is 156 Å². The minimum absolute atomic E-state index is 0.0228. The van der Waals surface area contributed by atoms with Crippen LogP contribution >= 0.6 is 0 Å². The zero-order valence-electron chi connectivity index (χ0n) is 15.9. The van der Waals surface area contributed by atoms with Crippen LogP contribution in [0, 0.1) is 5.92 Å². The zero-order chi connectivity index (χ0) is 20.3. The van der Waals surface area contributed by atoms with Gasteiger partial charge >= 0.3 is 17.9 Å². The standard InChI is InChI=1S/C18H21NO8/c1-8-12(16(20)25-5)10(13(9(2)19-8)17(21)26-6)7-11-14(23-3)15(24-4)18(22)27-11/h7,10,19H,1-6H3/b11-7-. The van der Waals surface area contributed by atoms with Crippen LogP contribution in [0.5, 0.6) is 0 Å². The first-order valence-corrected chi connectivity index (χ1v) is 7.92. The number of methoxy groups -OCH3 is 4. The van der Waals surface area contributed by atoms with Crippen molar-refractivity contribution in [3.8, 4) is 0 Å². The Hall–Kier alpha value is -3.23. The van der Waals surface area contributed by atoms with Crippen LogP contribution in [0.3, 0.4) is 0 Å². The molecule has 9 nitrogen and oxygen atoms in total. The van der Waals surface area contributed by atoms with Crippen LogP contribution in [-0.4, -0.2) is 46.3 Å². The molecule has 0 saturated heterocycles. The summed E-state index contributed by atoms with van der Waals surface area (Å²) in [4.78, 5) is 36.7. The first-order chi connectivity index (χ1) is 12.8. The Morgan fingerprint density at radius 2 is 1.41 bits per heavy atom. The average Bonchev–Trinajstić information content (AvgIpc) is 2.94. The number of esters is 3. The molecule has 0 aromatic rings. The Morgan fingerprint density at radius 1 is 0.926 bits per heavy atom. The number of dihydropyridines is 1. The molecule has 0 aromatic carbocycles. The smallest absolute Gasteiger partial charge is 0.383 e. The second-order valence-electron chi connectivity index (χ2n) is 5.65. The van der Waals surface area contributed by atoms with Crippen molar-refractivity contribution in [1.82, 2.24) is 5.32 Å². The number of allylic oxidation sites excluding steroid dienone is 3. The topological polar surface area (TPSA) is 109 Å². The summed E-state index contributed by atoms with van der Waals surface area (Å²) in [6.45, 7) is 3.34. The van der Waals surface area contributed by atoms with E-state index in [2.05, 4.69) is 5.32 Å². The zero-order valence-corrected chi connectivity index (χ0v) is 15.9. The van der Waals surface area contributed by atoms with Gasteiger partial charge in [-0.3, -0.25) is 0 Å². The van der Waals surface area contributed by atoms with Gasteiger partial charge < -0.3 is 29.0 Å². The van der Waals surface area contributed by atoms with Crippen LogP contribution in [0.2, 0.25) is 0 Å². The van der Waals surface area contributed by atoms with Crippen LogP contribution in [0.25, 0.3) is 0 Å². The molecule has 0 spiro atoms. The molecule has 2 aliphatic heterocycles. The fourth-order valence-electron chi connectivity index (χ4n) is 3.00. The van der Waals surface area contributed by atoms with E-state index in [0.717, 1.165) is 0 Å². The van der Waals surface area contributed by atoms with E-state index < -0.39 is 23.8 Å². The van der Waals surface area contributed by atoms with E-state index >= 15 is 0 Å². The molecule has 0 bridgehead atoms. The summed E-state index contributed by atoms with van der Waals surface area (Å²) in [7, 11) is 5.11. The molecule has 9 heteroatoms. The van der Waals surface area contributed by atoms with Crippen LogP contribution in [0.15, 0.2) is 45.9 Å². The van der Waals surface area contributed by atoms with E-state index in [1.54, 1.807) is 13.8 Å². The quantitative estimate of drug-likeness (QED) is 0.553. The molecule has 1 N–H and O–H groups in total. The van der Waals surface area contributed by atoms with E-state index in [-0.39, 0.29) is 28.4 Å². The molecule has 2 aliphatic rings. The number of nitrogens with one attached hydrogen (secondary N) is 1. The predicted molar refractivity (Wildman–Crippen MR) is 91.3 cm³/mol. The summed E-state index contributed by atoms with van der Waals surface area (Å²) in [5.41, 5.74) is 1.34. The minimum Gasteiger partial charge on any atom is -0.490 e. The first kappa shape index (κ1) is 20.1. The maximum atomic E-state index is 12.4. The van der Waals surface area contributed by atoms with Crippen molar-refractivity contribution in [3.63, 3.8) is 0 Å². The molecule has 2 rings (SSSR count). The minimum atomic E-state index is -0.893. The summed E-state index contributed by atoms with van der Waals surface area (Å²) in [6.07, 6.45) is 1.43. The number of hydrogen-bond donors (Lipinski definition) is 1. The molecule has 0 saturated carbocycles. The van der Waals surface area contributed by atoms with Gasteiger partial charge in [-0.25, -0.2) is 14.4 Å². The molecule has 27 heavy (non-hydrogen) atoms. The number of carbonyl (C=O) groups is 3. The van der Waals surface area contributed by atoms with Gasteiger partial charge in [0.1, 0.15) is 0 Å². The third kappa shape index (κ3) is 3.53. The van der Waals surface area contributed by atoms with Crippen molar-refractivity contribution in [2.24, 2.45) is 5.92 Å². The Balaban J connectivity index is 2.67. The summed E-state index contributed by atoms with van der Waals surface area (Å²) in [6, 6.07) is 0. The second kappa shape index (κ2) is 7.98. The maximum Gasteiger partial charge on any atom is 0.383 e. The van der Waals surface area contributed by atoms with Crippen molar-refractivity contribution in [2.45, 2.75) is 13.8 Å². The Bertz CT molecular complexity index is 777. The van der Waals surface area contributed by atoms with Crippen LogP contribution < -0.4 is 5.32 Å². The highest BCUT2D eigenvalue weighted by molar-refractivity contribution is 5.98. The molecule has 0 atom stereocenters. The van der Waals surface area contributed by atoms with E-state index in [0.29, 0.717) is 11.4 Å². The van der Waals surface area contributed by atoms with Gasteiger partial charge in [-0.1, -0.05) is 0 Å². The maximum absolute atomic E-state index is 12.4. The molecule has 0 amide bonds. The summed E-state index contributed by atoms with van der Waals surface area (Å²) < 4.78 is 25.1. The highest BCUT2D eigenvalue weighted by Crippen LogP contribution is 2.36. The van der Waals surface area contributed by atoms with Crippen molar-refractivity contribution < 1.29 is 38.1 Å². The number of hydrogen-bond acceptors (Lipinski definition) is 9. The van der Waals surface area contributed by atoms with Gasteiger partial charge in [0, 0.05) is 17.3 Å². The fraction of sp³-hybridized carbons (Fsp3) is 0.389. The SMILES string of the molecule is COC(=O)C1=C(C)NC(C)=C(C(=O)OC)C1/C=C1\OC(=O)C(OC)=C1OC. The normalized spacial score (nSPS) is 19.2. The number of rotatable bonds is 5. The van der Waals surface area contributed by atoms with E-state index in [4.69, 9.17) is 23.7 Å². The van der Waals surface area contributed by atoms with E-state index in [1.807, 2.05) is 0 Å². The molecule has 0 fully saturated rings. The number of carbonyl (C=O) groups excluding carboxylic acids is 3. The van der Waals surface area contributed by atoms with Crippen LogP contribution in [0.4, 0.5) is 0 Å². The van der Waals surface area contributed by atoms with Gasteiger partial charge in [-0.05, 0) is 19.9 Å². The van der Waals surface area contributed by atoms with Gasteiger partial charge in [0.05, 0.1) is 39.6 Å².